The number of aromatic nitrogens is 2. The molecule has 1 heterocycles. The zero-order chi connectivity index (χ0) is 13.4. The number of hydrogen-bond donors (Lipinski definition) is 3. The van der Waals surface area contributed by atoms with E-state index in [-0.39, 0.29) is 17.7 Å². The summed E-state index contributed by atoms with van der Waals surface area (Å²) in [5, 5.41) is 10.1. The third-order valence-corrected chi connectivity index (χ3v) is 2.22. The van der Waals surface area contributed by atoms with Crippen LogP contribution in [-0.4, -0.2) is 49.6 Å². The summed E-state index contributed by atoms with van der Waals surface area (Å²) in [6.45, 7) is 0.736. The van der Waals surface area contributed by atoms with E-state index in [0.717, 1.165) is 0 Å². The number of carbonyl (C=O) groups is 1. The van der Waals surface area contributed by atoms with Gasteiger partial charge in [-0.25, -0.2) is 5.84 Å². The van der Waals surface area contributed by atoms with Crippen LogP contribution < -0.4 is 16.6 Å². The van der Waals surface area contributed by atoms with E-state index >= 15 is 0 Å². The van der Waals surface area contributed by atoms with Gasteiger partial charge in [-0.15, -0.1) is 10.2 Å². The minimum absolute atomic E-state index is 0.197. The van der Waals surface area contributed by atoms with Gasteiger partial charge in [0.1, 0.15) is 0 Å². The number of nitrogens with one attached hydrogen (secondary N) is 2. The average Bonchev–Trinajstić information content (AvgIpc) is 2.43. The molecule has 0 aliphatic heterocycles. The van der Waals surface area contributed by atoms with Crippen LogP contribution in [0.2, 0.25) is 0 Å². The smallest absolute Gasteiger partial charge is 0.271 e. The van der Waals surface area contributed by atoms with E-state index in [1.54, 1.807) is 20.3 Å². The van der Waals surface area contributed by atoms with Gasteiger partial charge >= 0.3 is 0 Å². The Morgan fingerprint density at radius 1 is 1.44 bits per heavy atom. The van der Waals surface area contributed by atoms with Crippen molar-refractivity contribution in [2.24, 2.45) is 5.84 Å². The van der Waals surface area contributed by atoms with Crippen LogP contribution in [0.25, 0.3) is 0 Å². The molecule has 0 aliphatic rings. The summed E-state index contributed by atoms with van der Waals surface area (Å²) >= 11 is 0. The number of methoxy groups -OCH3 is 2. The first-order valence-electron chi connectivity index (χ1n) is 5.31. The second-order valence-electron chi connectivity index (χ2n) is 3.47. The topological polar surface area (TPSA) is 111 Å². The molecule has 1 unspecified atom stereocenters. The molecule has 1 aromatic rings. The van der Waals surface area contributed by atoms with Gasteiger partial charge in [0.05, 0.1) is 12.7 Å². The summed E-state index contributed by atoms with van der Waals surface area (Å²) in [6, 6.07) is 3.08. The Labute approximate surface area is 105 Å². The Morgan fingerprint density at radius 2 is 2.22 bits per heavy atom. The molecule has 1 atom stereocenters. The fourth-order valence-corrected chi connectivity index (χ4v) is 1.22. The fraction of sp³-hybridized carbons (Fsp3) is 0.500. The van der Waals surface area contributed by atoms with Gasteiger partial charge in [0.2, 0.25) is 0 Å². The number of anilines is 1. The highest BCUT2D eigenvalue weighted by Crippen LogP contribution is 2.00. The van der Waals surface area contributed by atoms with Gasteiger partial charge in [0.25, 0.3) is 5.91 Å². The first-order chi connectivity index (χ1) is 8.71. The van der Waals surface area contributed by atoms with Crippen LogP contribution in [0.15, 0.2) is 12.1 Å². The minimum atomic E-state index is -0.329. The highest BCUT2D eigenvalue weighted by molar-refractivity contribution is 5.92. The lowest BCUT2D eigenvalue weighted by Gasteiger charge is -2.14. The molecule has 0 aromatic carbocycles. The maximum atomic E-state index is 11.7. The molecule has 0 saturated carbocycles. The molecule has 1 aromatic heterocycles. The summed E-state index contributed by atoms with van der Waals surface area (Å²) in [7, 11) is 3.12. The summed E-state index contributed by atoms with van der Waals surface area (Å²) in [5.74, 6) is 5.20. The van der Waals surface area contributed by atoms with Crippen molar-refractivity contribution in [3.8, 4) is 0 Å². The molecule has 100 valence electrons. The van der Waals surface area contributed by atoms with Crippen LogP contribution in [0.3, 0.4) is 0 Å². The van der Waals surface area contributed by atoms with Crippen molar-refractivity contribution >= 4 is 11.7 Å². The Balaban J connectivity index is 2.48. The number of nitrogen functional groups attached to an aromatic ring is 1. The Hall–Kier alpha value is -1.77. The highest BCUT2D eigenvalue weighted by atomic mass is 16.5. The number of rotatable bonds is 7. The lowest BCUT2D eigenvalue weighted by Crippen LogP contribution is -2.36. The van der Waals surface area contributed by atoms with Crippen molar-refractivity contribution < 1.29 is 14.3 Å². The van der Waals surface area contributed by atoms with Crippen LogP contribution >= 0.6 is 0 Å². The first-order valence-corrected chi connectivity index (χ1v) is 5.31. The number of ether oxygens (including phenoxy) is 2. The van der Waals surface area contributed by atoms with E-state index in [0.29, 0.717) is 19.0 Å². The molecule has 0 bridgehead atoms. The third kappa shape index (κ3) is 4.24. The van der Waals surface area contributed by atoms with Gasteiger partial charge in [-0.3, -0.25) is 4.79 Å². The summed E-state index contributed by atoms with van der Waals surface area (Å²) in [6.07, 6.45) is -0.197. The van der Waals surface area contributed by atoms with Crippen molar-refractivity contribution in [2.75, 3.05) is 32.8 Å². The van der Waals surface area contributed by atoms with E-state index in [9.17, 15) is 4.79 Å². The van der Waals surface area contributed by atoms with Gasteiger partial charge in [-0.05, 0) is 12.1 Å². The van der Waals surface area contributed by atoms with E-state index in [4.69, 9.17) is 15.3 Å². The van der Waals surface area contributed by atoms with Crippen LogP contribution in [0.4, 0.5) is 5.82 Å². The number of carbonyl (C=O) groups excluding carboxylic acids is 1. The maximum absolute atomic E-state index is 11.7. The number of nitrogens with zero attached hydrogens (tertiary/aromatic N) is 2. The SMILES string of the molecule is COCC(CNC(=O)c1ccc(NN)nn1)OC. The van der Waals surface area contributed by atoms with Gasteiger partial charge in [0, 0.05) is 20.8 Å². The Kier molecular flexibility index (Phi) is 5.98. The van der Waals surface area contributed by atoms with Crippen LogP contribution in [0.5, 0.6) is 0 Å². The number of hydrazine groups is 1. The summed E-state index contributed by atoms with van der Waals surface area (Å²) < 4.78 is 10.0. The molecule has 0 fully saturated rings. The van der Waals surface area contributed by atoms with E-state index in [1.807, 2.05) is 0 Å². The lowest BCUT2D eigenvalue weighted by molar-refractivity contribution is 0.0285. The average molecular weight is 255 g/mol. The molecular weight excluding hydrogens is 238 g/mol. The highest BCUT2D eigenvalue weighted by Gasteiger charge is 2.12. The number of hydrogen-bond acceptors (Lipinski definition) is 7. The van der Waals surface area contributed by atoms with Crippen molar-refractivity contribution in [3.63, 3.8) is 0 Å². The molecule has 0 spiro atoms. The van der Waals surface area contributed by atoms with E-state index in [1.165, 1.54) is 6.07 Å². The number of amides is 1. The van der Waals surface area contributed by atoms with Crippen molar-refractivity contribution in [1.82, 2.24) is 15.5 Å². The van der Waals surface area contributed by atoms with Gasteiger partial charge in [0.15, 0.2) is 11.5 Å². The summed E-state index contributed by atoms with van der Waals surface area (Å²) in [5.41, 5.74) is 2.54. The van der Waals surface area contributed by atoms with Crippen LogP contribution in [-0.2, 0) is 9.47 Å². The first kappa shape index (κ1) is 14.3. The Morgan fingerprint density at radius 3 is 2.72 bits per heavy atom. The predicted molar refractivity (Wildman–Crippen MR) is 64.8 cm³/mol. The molecule has 1 rings (SSSR count). The molecular formula is C10H17N5O3. The van der Waals surface area contributed by atoms with E-state index in [2.05, 4.69) is 20.9 Å². The zero-order valence-corrected chi connectivity index (χ0v) is 10.3. The van der Waals surface area contributed by atoms with Gasteiger partial charge in [-0.2, -0.15) is 0 Å². The number of nitrogens with two attached hydrogens (primary N) is 1. The summed E-state index contributed by atoms with van der Waals surface area (Å²) in [4.78, 5) is 11.7. The van der Waals surface area contributed by atoms with Crippen LogP contribution in [0, 0.1) is 0 Å². The molecule has 4 N–H and O–H groups in total. The van der Waals surface area contributed by atoms with Crippen LogP contribution in [0.1, 0.15) is 10.5 Å². The maximum Gasteiger partial charge on any atom is 0.271 e. The lowest BCUT2D eigenvalue weighted by atomic mass is 10.3. The van der Waals surface area contributed by atoms with Gasteiger partial charge in [-0.1, -0.05) is 0 Å². The minimum Gasteiger partial charge on any atom is -0.382 e. The second-order valence-corrected chi connectivity index (χ2v) is 3.47. The molecule has 18 heavy (non-hydrogen) atoms. The van der Waals surface area contributed by atoms with E-state index < -0.39 is 0 Å². The Bertz CT molecular complexity index is 370. The molecule has 8 heteroatoms. The van der Waals surface area contributed by atoms with Crippen molar-refractivity contribution in [2.45, 2.75) is 6.10 Å². The molecule has 0 radical (unpaired) electrons. The van der Waals surface area contributed by atoms with Gasteiger partial charge < -0.3 is 20.2 Å². The van der Waals surface area contributed by atoms with Crippen molar-refractivity contribution in [3.05, 3.63) is 17.8 Å². The fourth-order valence-electron chi connectivity index (χ4n) is 1.22. The molecule has 8 nitrogen and oxygen atoms in total. The quantitative estimate of drug-likeness (QED) is 0.430. The third-order valence-electron chi connectivity index (χ3n) is 2.22. The standard InChI is InChI=1S/C10H17N5O3/c1-17-6-7(18-2)5-12-10(16)8-3-4-9(13-11)15-14-8/h3-4,7H,5-6,11H2,1-2H3,(H,12,16)(H,13,15). The molecule has 0 aliphatic carbocycles. The largest absolute Gasteiger partial charge is 0.382 e. The molecule has 0 saturated heterocycles. The monoisotopic (exact) mass is 255 g/mol. The zero-order valence-electron chi connectivity index (χ0n) is 10.3. The second kappa shape index (κ2) is 7.54. The molecule has 1 amide bonds. The normalized spacial score (nSPS) is 11.9. The van der Waals surface area contributed by atoms with Crippen molar-refractivity contribution in [1.29, 1.82) is 0 Å². The predicted octanol–water partition coefficient (Wildman–Crippen LogP) is -0.847.